The average Bonchev–Trinajstić information content (AvgIpc) is 2.61. The molecule has 0 aromatic carbocycles. The summed E-state index contributed by atoms with van der Waals surface area (Å²) in [4.78, 5) is 2.54. The van der Waals surface area contributed by atoms with Crippen molar-refractivity contribution >= 4 is 0 Å². The lowest BCUT2D eigenvalue weighted by molar-refractivity contribution is -0.00853. The third-order valence-electron chi connectivity index (χ3n) is 3.95. The Morgan fingerprint density at radius 1 is 1.33 bits per heavy atom. The number of ether oxygens (including phenoxy) is 1. The van der Waals surface area contributed by atoms with E-state index in [0.29, 0.717) is 12.1 Å². The van der Waals surface area contributed by atoms with Crippen molar-refractivity contribution in [2.75, 3.05) is 26.2 Å². The van der Waals surface area contributed by atoms with Gasteiger partial charge in [0.15, 0.2) is 0 Å². The van der Waals surface area contributed by atoms with E-state index in [1.807, 2.05) is 0 Å². The van der Waals surface area contributed by atoms with Gasteiger partial charge >= 0.3 is 0 Å². The van der Waals surface area contributed by atoms with Crippen LogP contribution in [-0.2, 0) is 4.74 Å². The van der Waals surface area contributed by atoms with E-state index >= 15 is 0 Å². The van der Waals surface area contributed by atoms with Gasteiger partial charge < -0.3 is 10.5 Å². The summed E-state index contributed by atoms with van der Waals surface area (Å²) in [6.45, 7) is 6.39. The minimum absolute atomic E-state index is 0.470. The zero-order valence-corrected chi connectivity index (χ0v) is 9.82. The Morgan fingerprint density at radius 2 is 2.20 bits per heavy atom. The lowest BCUT2D eigenvalue weighted by Crippen LogP contribution is -2.43. The minimum atomic E-state index is 0.470. The Balaban J connectivity index is 1.82. The largest absolute Gasteiger partial charge is 0.377 e. The first-order valence-corrected chi connectivity index (χ1v) is 6.37. The van der Waals surface area contributed by atoms with Gasteiger partial charge in [0.25, 0.3) is 0 Å². The highest BCUT2D eigenvalue weighted by Gasteiger charge is 2.31. The summed E-state index contributed by atoms with van der Waals surface area (Å²) in [6, 6.07) is 0.593. The van der Waals surface area contributed by atoms with Gasteiger partial charge in [-0.05, 0) is 38.1 Å². The highest BCUT2D eigenvalue weighted by Crippen LogP contribution is 2.25. The number of nitrogens with zero attached hydrogens (tertiary/aromatic N) is 1. The smallest absolute Gasteiger partial charge is 0.0702 e. The van der Waals surface area contributed by atoms with Gasteiger partial charge in [0, 0.05) is 25.7 Å². The van der Waals surface area contributed by atoms with E-state index in [9.17, 15) is 0 Å². The third kappa shape index (κ3) is 2.71. The van der Waals surface area contributed by atoms with Gasteiger partial charge in [-0.25, -0.2) is 0 Å². The van der Waals surface area contributed by atoms with Crippen molar-refractivity contribution in [1.82, 2.24) is 4.90 Å². The molecule has 2 heterocycles. The number of rotatable bonds is 3. The Labute approximate surface area is 93.0 Å². The summed E-state index contributed by atoms with van der Waals surface area (Å²) in [6.07, 6.45) is 5.59. The van der Waals surface area contributed by atoms with Crippen molar-refractivity contribution in [3.63, 3.8) is 0 Å². The van der Waals surface area contributed by atoms with Crippen LogP contribution in [0, 0.1) is 5.92 Å². The van der Waals surface area contributed by atoms with E-state index in [0.717, 1.165) is 25.6 Å². The molecular weight excluding hydrogens is 188 g/mol. The molecule has 2 rings (SSSR count). The molecule has 88 valence electrons. The number of nitrogens with two attached hydrogens (primary N) is 1. The van der Waals surface area contributed by atoms with Crippen molar-refractivity contribution in [3.05, 3.63) is 0 Å². The molecule has 2 fully saturated rings. The second-order valence-electron chi connectivity index (χ2n) is 5.05. The van der Waals surface area contributed by atoms with Crippen LogP contribution in [0.1, 0.15) is 32.6 Å². The van der Waals surface area contributed by atoms with Crippen molar-refractivity contribution < 1.29 is 4.74 Å². The molecule has 2 aliphatic heterocycles. The molecule has 0 aromatic heterocycles. The van der Waals surface area contributed by atoms with E-state index in [-0.39, 0.29) is 0 Å². The Bertz CT molecular complexity index is 192. The molecule has 0 bridgehead atoms. The predicted octanol–water partition coefficient (Wildman–Crippen LogP) is 1.22. The van der Waals surface area contributed by atoms with Gasteiger partial charge in [0.2, 0.25) is 0 Å². The summed E-state index contributed by atoms with van der Waals surface area (Å²) in [7, 11) is 0. The minimum Gasteiger partial charge on any atom is -0.377 e. The Hall–Kier alpha value is -0.120. The molecule has 3 nitrogen and oxygen atoms in total. The predicted molar refractivity (Wildman–Crippen MR) is 61.8 cm³/mol. The molecule has 2 aliphatic rings. The zero-order valence-electron chi connectivity index (χ0n) is 9.82. The summed E-state index contributed by atoms with van der Waals surface area (Å²) in [5.41, 5.74) is 5.84. The highest BCUT2D eigenvalue weighted by atomic mass is 16.5. The number of likely N-dealkylation sites (tertiary alicyclic amines) is 1. The van der Waals surface area contributed by atoms with Crippen molar-refractivity contribution in [3.8, 4) is 0 Å². The molecule has 2 N–H and O–H groups in total. The maximum atomic E-state index is 5.84. The van der Waals surface area contributed by atoms with E-state index < -0.39 is 0 Å². The fraction of sp³-hybridized carbons (Fsp3) is 1.00. The van der Waals surface area contributed by atoms with Crippen molar-refractivity contribution in [2.45, 2.75) is 44.8 Å². The lowest BCUT2D eigenvalue weighted by Gasteiger charge is -2.31. The first kappa shape index (κ1) is 11.4. The van der Waals surface area contributed by atoms with E-state index in [1.165, 1.54) is 32.2 Å². The maximum absolute atomic E-state index is 5.84. The normalized spacial score (nSPS) is 38.4. The Morgan fingerprint density at radius 3 is 2.87 bits per heavy atom. The molecule has 0 saturated carbocycles. The molecule has 0 radical (unpaired) electrons. The molecule has 0 aliphatic carbocycles. The molecular formula is C12H24N2O. The van der Waals surface area contributed by atoms with Crippen LogP contribution in [0.25, 0.3) is 0 Å². The van der Waals surface area contributed by atoms with Gasteiger partial charge in [-0.1, -0.05) is 6.92 Å². The van der Waals surface area contributed by atoms with Crippen LogP contribution in [-0.4, -0.2) is 43.3 Å². The van der Waals surface area contributed by atoms with Crippen LogP contribution in [0.15, 0.2) is 0 Å². The number of hydrogen-bond donors (Lipinski definition) is 1. The van der Waals surface area contributed by atoms with Gasteiger partial charge in [-0.3, -0.25) is 4.90 Å². The molecule has 15 heavy (non-hydrogen) atoms. The second kappa shape index (κ2) is 5.28. The summed E-state index contributed by atoms with van der Waals surface area (Å²) < 4.78 is 5.79. The maximum Gasteiger partial charge on any atom is 0.0702 e. The fourth-order valence-electron chi connectivity index (χ4n) is 2.91. The van der Waals surface area contributed by atoms with Crippen LogP contribution in [0.3, 0.4) is 0 Å². The van der Waals surface area contributed by atoms with Gasteiger partial charge in [-0.2, -0.15) is 0 Å². The van der Waals surface area contributed by atoms with E-state index in [2.05, 4.69) is 11.8 Å². The first-order chi connectivity index (χ1) is 7.31. The van der Waals surface area contributed by atoms with Crippen LogP contribution in [0.2, 0.25) is 0 Å². The fourth-order valence-corrected chi connectivity index (χ4v) is 2.91. The molecule has 0 aromatic rings. The Kier molecular flexibility index (Phi) is 4.00. The molecule has 3 heteroatoms. The van der Waals surface area contributed by atoms with E-state index in [4.69, 9.17) is 10.5 Å². The highest BCUT2D eigenvalue weighted by molar-refractivity contribution is 4.87. The van der Waals surface area contributed by atoms with Crippen LogP contribution in [0.5, 0.6) is 0 Å². The third-order valence-corrected chi connectivity index (χ3v) is 3.95. The quantitative estimate of drug-likeness (QED) is 0.764. The summed E-state index contributed by atoms with van der Waals surface area (Å²) in [5, 5.41) is 0. The number of hydrogen-bond acceptors (Lipinski definition) is 3. The average molecular weight is 212 g/mol. The SMILES string of the molecule is CC1CCN(CC2CCCCO2)C1CN. The molecule has 0 spiro atoms. The monoisotopic (exact) mass is 212 g/mol. The van der Waals surface area contributed by atoms with Crippen LogP contribution in [0.4, 0.5) is 0 Å². The van der Waals surface area contributed by atoms with Gasteiger partial charge in [0.05, 0.1) is 6.10 Å². The molecule has 2 saturated heterocycles. The standard InChI is InChI=1S/C12H24N2O/c1-10-5-6-14(12(10)8-13)9-11-4-2-3-7-15-11/h10-12H,2-9,13H2,1H3. The molecule has 0 amide bonds. The topological polar surface area (TPSA) is 38.5 Å². The van der Waals surface area contributed by atoms with Crippen molar-refractivity contribution in [1.29, 1.82) is 0 Å². The zero-order chi connectivity index (χ0) is 10.7. The van der Waals surface area contributed by atoms with Crippen LogP contribution >= 0.6 is 0 Å². The lowest BCUT2D eigenvalue weighted by atomic mass is 10.0. The summed E-state index contributed by atoms with van der Waals surface area (Å²) in [5.74, 6) is 0.763. The second-order valence-corrected chi connectivity index (χ2v) is 5.05. The van der Waals surface area contributed by atoms with E-state index in [1.54, 1.807) is 0 Å². The molecule has 3 unspecified atom stereocenters. The molecule has 3 atom stereocenters. The van der Waals surface area contributed by atoms with Crippen molar-refractivity contribution in [2.24, 2.45) is 11.7 Å². The first-order valence-electron chi connectivity index (χ1n) is 6.37. The van der Waals surface area contributed by atoms with Crippen LogP contribution < -0.4 is 5.73 Å². The van der Waals surface area contributed by atoms with Gasteiger partial charge in [0.1, 0.15) is 0 Å². The van der Waals surface area contributed by atoms with Gasteiger partial charge in [-0.15, -0.1) is 0 Å². The summed E-state index contributed by atoms with van der Waals surface area (Å²) >= 11 is 0.